The van der Waals surface area contributed by atoms with Crippen LogP contribution in [0.4, 0.5) is 4.79 Å². The highest BCUT2D eigenvalue weighted by atomic mass is 16.6. The van der Waals surface area contributed by atoms with Crippen molar-refractivity contribution in [2.24, 2.45) is 11.8 Å². The second kappa shape index (κ2) is 18.3. The van der Waals surface area contributed by atoms with E-state index in [0.717, 1.165) is 12.8 Å². The molecule has 2 aliphatic carbocycles. The molecule has 0 bridgehead atoms. The molecule has 2 saturated heterocycles. The average Bonchev–Trinajstić information content (AvgIpc) is 3.99. The average molecular weight is 721 g/mol. The maximum absolute atomic E-state index is 13.1. The van der Waals surface area contributed by atoms with E-state index in [1.807, 2.05) is 13.8 Å². The van der Waals surface area contributed by atoms with E-state index in [0.29, 0.717) is 45.1 Å². The van der Waals surface area contributed by atoms with Crippen LogP contribution in [0.3, 0.4) is 0 Å². The van der Waals surface area contributed by atoms with Gasteiger partial charge in [-0.1, -0.05) is 25.5 Å². The first-order valence-electron chi connectivity index (χ1n) is 18.4. The number of ketones is 3. The van der Waals surface area contributed by atoms with Crippen LogP contribution >= 0.6 is 0 Å². The normalized spacial score (nSPS) is 31.8. The lowest BCUT2D eigenvalue weighted by Crippen LogP contribution is -2.56. The van der Waals surface area contributed by atoms with Gasteiger partial charge in [0.2, 0.25) is 17.5 Å². The molecule has 15 nitrogen and oxygen atoms in total. The third kappa shape index (κ3) is 11.6. The highest BCUT2D eigenvalue weighted by molar-refractivity contribution is 6.39. The van der Waals surface area contributed by atoms with E-state index in [9.17, 15) is 24.0 Å². The van der Waals surface area contributed by atoms with Gasteiger partial charge in [0.05, 0.1) is 44.3 Å². The van der Waals surface area contributed by atoms with Gasteiger partial charge in [-0.3, -0.25) is 24.6 Å². The molecule has 2 heterocycles. The molecular formula is C36H60N6O9. The summed E-state index contributed by atoms with van der Waals surface area (Å²) in [5.74, 6) is -1.54. The van der Waals surface area contributed by atoms with Crippen molar-refractivity contribution in [3.8, 4) is 0 Å². The largest absolute Gasteiger partial charge is 0.443 e. The van der Waals surface area contributed by atoms with Crippen LogP contribution in [0, 0.1) is 11.8 Å². The molecule has 4 unspecified atom stereocenters. The first kappa shape index (κ1) is 41.0. The van der Waals surface area contributed by atoms with Gasteiger partial charge < -0.3 is 29.6 Å². The maximum atomic E-state index is 13.1. The van der Waals surface area contributed by atoms with Crippen LogP contribution in [0.2, 0.25) is 0 Å². The summed E-state index contributed by atoms with van der Waals surface area (Å²) in [6.07, 6.45) is 6.43. The van der Waals surface area contributed by atoms with Crippen molar-refractivity contribution in [3.63, 3.8) is 0 Å². The number of amides is 2. The van der Waals surface area contributed by atoms with E-state index in [1.54, 1.807) is 7.11 Å². The predicted molar refractivity (Wildman–Crippen MR) is 188 cm³/mol. The fourth-order valence-electron chi connectivity index (χ4n) is 7.64. The standard InChI is InChI=1S/C36H60N6O9/c1-21(2)8-13-29-35(6,51-29)33-32(48-7)28(14-15-36(33)20-49-36)50-34(47)41-25-11-9-24(10-12-25)40-30(45)19-39-42-26(16-22(3)4)31(46)27(44)18-38-37-17-23(5)43/h8,22,24-26,28-29,32-33,37-39,42H,9-20H2,1-7H3,(H,40,45)(H,41,47)/t24?,25?,26-,28?,29+,32?,33?,35?,36-/m0/s1. The maximum Gasteiger partial charge on any atom is 0.407 e. The molecule has 51 heavy (non-hydrogen) atoms. The molecule has 4 rings (SSSR count). The molecule has 1 spiro atoms. The van der Waals surface area contributed by atoms with Crippen molar-refractivity contribution >= 4 is 29.4 Å². The van der Waals surface area contributed by atoms with Gasteiger partial charge >= 0.3 is 6.09 Å². The number of methoxy groups -OCH3 is 1. The van der Waals surface area contributed by atoms with Gasteiger partial charge in [-0.15, -0.1) is 0 Å². The van der Waals surface area contributed by atoms with Crippen molar-refractivity contribution in [1.29, 1.82) is 0 Å². The molecule has 0 aromatic rings. The Hall–Kier alpha value is -2.79. The molecule has 288 valence electrons. The quantitative estimate of drug-likeness (QED) is 0.0348. The fourth-order valence-corrected chi connectivity index (χ4v) is 7.64. The Bertz CT molecular complexity index is 1280. The summed E-state index contributed by atoms with van der Waals surface area (Å²) in [5.41, 5.74) is 11.4. The predicted octanol–water partition coefficient (Wildman–Crippen LogP) is 1.55. The summed E-state index contributed by atoms with van der Waals surface area (Å²) in [5, 5.41) is 6.04. The first-order valence-corrected chi connectivity index (χ1v) is 18.4. The van der Waals surface area contributed by atoms with E-state index in [2.05, 4.69) is 59.2 Å². The molecule has 2 aliphatic heterocycles. The summed E-state index contributed by atoms with van der Waals surface area (Å²) in [7, 11) is 1.66. The number of epoxide rings is 2. The van der Waals surface area contributed by atoms with E-state index in [-0.39, 0.29) is 73.1 Å². The van der Waals surface area contributed by atoms with Crippen LogP contribution in [-0.4, -0.2) is 110 Å². The second-order valence-corrected chi connectivity index (χ2v) is 15.5. The van der Waals surface area contributed by atoms with Gasteiger partial charge in [0, 0.05) is 19.2 Å². The molecule has 4 fully saturated rings. The Morgan fingerprint density at radius 2 is 1.55 bits per heavy atom. The van der Waals surface area contributed by atoms with Crippen molar-refractivity contribution in [2.45, 2.75) is 141 Å². The Labute approximate surface area is 301 Å². The Kier molecular flexibility index (Phi) is 14.7. The minimum atomic E-state index is -0.808. The zero-order valence-corrected chi connectivity index (χ0v) is 31.4. The summed E-state index contributed by atoms with van der Waals surface area (Å²) in [6.45, 7) is 11.9. The van der Waals surface area contributed by atoms with Crippen LogP contribution in [-0.2, 0) is 38.1 Å². The first-order chi connectivity index (χ1) is 24.2. The van der Waals surface area contributed by atoms with Gasteiger partial charge in [-0.05, 0) is 85.0 Å². The molecule has 0 aromatic carbocycles. The Morgan fingerprint density at radius 1 is 0.902 bits per heavy atom. The van der Waals surface area contributed by atoms with E-state index in [4.69, 9.17) is 18.9 Å². The van der Waals surface area contributed by atoms with Crippen molar-refractivity contribution in [1.82, 2.24) is 32.3 Å². The zero-order valence-electron chi connectivity index (χ0n) is 31.4. The lowest BCUT2D eigenvalue weighted by atomic mass is 9.68. The van der Waals surface area contributed by atoms with Crippen LogP contribution in [0.15, 0.2) is 11.6 Å². The summed E-state index contributed by atoms with van der Waals surface area (Å²) in [4.78, 5) is 62.0. The number of rotatable bonds is 20. The van der Waals surface area contributed by atoms with Gasteiger partial charge in [0.25, 0.3) is 0 Å². The monoisotopic (exact) mass is 720 g/mol. The molecule has 6 N–H and O–H groups in total. The SMILES string of the molecule is COC1C(OC(=O)NC2CCC(NC(=O)CNN[C@@H](CC(C)C)C(=O)C(=O)CNNCC(C)=O)CC2)CC[C@]2(CO2)C1C1(C)O[C@@H]1CC=C(C)C. The minimum Gasteiger partial charge on any atom is -0.443 e. The highest BCUT2D eigenvalue weighted by Gasteiger charge is 2.72. The van der Waals surface area contributed by atoms with Crippen molar-refractivity contribution in [3.05, 3.63) is 11.6 Å². The number of ether oxygens (including phenoxy) is 4. The summed E-state index contributed by atoms with van der Waals surface area (Å²) < 4.78 is 24.3. The van der Waals surface area contributed by atoms with Gasteiger partial charge in [-0.2, -0.15) is 0 Å². The van der Waals surface area contributed by atoms with Crippen LogP contribution in [0.5, 0.6) is 0 Å². The lowest BCUT2D eigenvalue weighted by Gasteiger charge is -2.42. The van der Waals surface area contributed by atoms with E-state index >= 15 is 0 Å². The molecule has 2 amide bonds. The minimum absolute atomic E-state index is 0.0393. The van der Waals surface area contributed by atoms with E-state index in [1.165, 1.54) is 12.5 Å². The molecule has 2 saturated carbocycles. The smallest absolute Gasteiger partial charge is 0.407 e. The van der Waals surface area contributed by atoms with Gasteiger partial charge in [0.15, 0.2) is 0 Å². The molecular weight excluding hydrogens is 660 g/mol. The van der Waals surface area contributed by atoms with Crippen molar-refractivity contribution < 1.29 is 42.9 Å². The van der Waals surface area contributed by atoms with Crippen LogP contribution in [0.25, 0.3) is 0 Å². The Morgan fingerprint density at radius 3 is 2.14 bits per heavy atom. The number of hydrogen-bond acceptors (Lipinski definition) is 13. The third-order valence-corrected chi connectivity index (χ3v) is 10.4. The zero-order chi connectivity index (χ0) is 37.3. The molecule has 4 aliphatic rings. The van der Waals surface area contributed by atoms with E-state index < -0.39 is 35.4 Å². The lowest BCUT2D eigenvalue weighted by molar-refractivity contribution is -0.137. The van der Waals surface area contributed by atoms with Gasteiger partial charge in [0.1, 0.15) is 29.2 Å². The third-order valence-electron chi connectivity index (χ3n) is 10.4. The molecule has 7 atom stereocenters. The summed E-state index contributed by atoms with van der Waals surface area (Å²) >= 11 is 0. The van der Waals surface area contributed by atoms with Crippen LogP contribution in [0.1, 0.15) is 92.9 Å². The number of allylic oxidation sites excluding steroid dienone is 1. The number of Topliss-reactive ketones (excluding diaryl/α,β-unsaturated/α-hetero) is 3. The summed E-state index contributed by atoms with van der Waals surface area (Å²) in [6, 6.07) is -0.936. The number of hydrazine groups is 2. The molecule has 15 heteroatoms. The van der Waals surface area contributed by atoms with Crippen LogP contribution < -0.4 is 32.3 Å². The number of alkyl carbamates (subject to hydrolysis) is 1. The molecule has 0 radical (unpaired) electrons. The Balaban J connectivity index is 1.17. The highest BCUT2D eigenvalue weighted by Crippen LogP contribution is 2.59. The van der Waals surface area contributed by atoms with Gasteiger partial charge in [-0.25, -0.2) is 21.1 Å². The molecule has 0 aromatic heterocycles. The fraction of sp³-hybridized carbons (Fsp3) is 0.806. The second-order valence-electron chi connectivity index (χ2n) is 15.5. The number of carbonyl (C=O) groups is 5. The topological polar surface area (TPSA) is 201 Å². The number of nitrogens with one attached hydrogen (secondary N) is 6. The number of hydrogen-bond donors (Lipinski definition) is 6. The number of carbonyl (C=O) groups excluding carboxylic acids is 5. The van der Waals surface area contributed by atoms with Crippen molar-refractivity contribution in [2.75, 3.05) is 33.4 Å².